The molecule has 0 unspecified atom stereocenters. The Hall–Kier alpha value is -1.75. The molecule has 0 saturated carbocycles. The molecule has 0 radical (unpaired) electrons. The molecule has 1 aromatic carbocycles. The largest absolute Gasteiger partial charge is 0.508 e. The van der Waals surface area contributed by atoms with Gasteiger partial charge in [0, 0.05) is 0 Å². The normalized spacial score (nSPS) is 12.9. The average molecular weight is 253 g/mol. The zero-order chi connectivity index (χ0) is 13.8. The Kier molecular flexibility index (Phi) is 4.55. The third kappa shape index (κ3) is 5.05. The summed E-state index contributed by atoms with van der Waals surface area (Å²) < 4.78 is 5.04. The van der Waals surface area contributed by atoms with Crippen LogP contribution in [0.4, 0.5) is 4.79 Å². The second-order valence-corrected chi connectivity index (χ2v) is 4.99. The summed E-state index contributed by atoms with van der Waals surface area (Å²) in [5.74, 6) is 0.131. The smallest absolute Gasteiger partial charge is 0.407 e. The monoisotopic (exact) mass is 253 g/mol. The van der Waals surface area contributed by atoms with Crippen molar-refractivity contribution in [2.45, 2.75) is 32.5 Å². The van der Waals surface area contributed by atoms with Crippen molar-refractivity contribution in [1.29, 1.82) is 0 Å². The van der Waals surface area contributed by atoms with E-state index in [1.54, 1.807) is 32.9 Å². The number of nitrogens with one attached hydrogen (secondary N) is 1. The first-order chi connectivity index (χ1) is 8.28. The molecule has 1 aromatic rings. The number of alkyl carbamates (subject to hydrolysis) is 1. The highest BCUT2D eigenvalue weighted by Crippen LogP contribution is 2.16. The fourth-order valence-electron chi connectivity index (χ4n) is 1.31. The van der Waals surface area contributed by atoms with Gasteiger partial charge in [-0.25, -0.2) is 4.79 Å². The molecule has 0 spiro atoms. The van der Waals surface area contributed by atoms with Gasteiger partial charge in [0.15, 0.2) is 0 Å². The number of aliphatic hydroxyl groups excluding tert-OH is 1. The van der Waals surface area contributed by atoms with Crippen LogP contribution in [0.2, 0.25) is 0 Å². The van der Waals surface area contributed by atoms with E-state index in [1.807, 2.05) is 0 Å². The number of rotatable bonds is 3. The number of ether oxygens (including phenoxy) is 1. The third-order valence-electron chi connectivity index (χ3n) is 2.12. The minimum absolute atomic E-state index is 0.0552. The van der Waals surface area contributed by atoms with Gasteiger partial charge in [0.2, 0.25) is 0 Å². The van der Waals surface area contributed by atoms with Crippen LogP contribution in [0.25, 0.3) is 0 Å². The van der Waals surface area contributed by atoms with Crippen LogP contribution in [0.15, 0.2) is 24.3 Å². The van der Waals surface area contributed by atoms with Gasteiger partial charge in [-0.15, -0.1) is 0 Å². The van der Waals surface area contributed by atoms with Crippen LogP contribution < -0.4 is 5.32 Å². The van der Waals surface area contributed by atoms with E-state index < -0.39 is 17.8 Å². The van der Waals surface area contributed by atoms with E-state index >= 15 is 0 Å². The molecule has 0 saturated heterocycles. The maximum Gasteiger partial charge on any atom is 0.407 e. The van der Waals surface area contributed by atoms with Crippen molar-refractivity contribution in [1.82, 2.24) is 5.32 Å². The van der Waals surface area contributed by atoms with Gasteiger partial charge in [-0.1, -0.05) is 12.1 Å². The van der Waals surface area contributed by atoms with Crippen LogP contribution in [-0.2, 0) is 4.74 Å². The number of phenolic OH excluding ortho intramolecular Hbond substituents is 1. The Morgan fingerprint density at radius 3 is 2.39 bits per heavy atom. The van der Waals surface area contributed by atoms with Crippen molar-refractivity contribution in [3.8, 4) is 5.75 Å². The van der Waals surface area contributed by atoms with E-state index in [0.717, 1.165) is 0 Å². The maximum atomic E-state index is 11.4. The van der Waals surface area contributed by atoms with E-state index in [2.05, 4.69) is 5.32 Å². The van der Waals surface area contributed by atoms with Gasteiger partial charge in [0.05, 0.1) is 12.6 Å². The van der Waals surface area contributed by atoms with Crippen molar-refractivity contribution in [2.75, 3.05) is 6.54 Å². The third-order valence-corrected chi connectivity index (χ3v) is 2.12. The molecular weight excluding hydrogens is 234 g/mol. The van der Waals surface area contributed by atoms with Gasteiger partial charge in [0.25, 0.3) is 0 Å². The Morgan fingerprint density at radius 2 is 1.89 bits per heavy atom. The topological polar surface area (TPSA) is 78.8 Å². The van der Waals surface area contributed by atoms with E-state index in [4.69, 9.17) is 9.84 Å². The molecule has 0 aliphatic heterocycles. The molecule has 0 heterocycles. The highest BCUT2D eigenvalue weighted by atomic mass is 16.6. The Labute approximate surface area is 106 Å². The van der Waals surface area contributed by atoms with Crippen LogP contribution in [-0.4, -0.2) is 28.5 Å². The van der Waals surface area contributed by atoms with Crippen molar-refractivity contribution >= 4 is 6.09 Å². The fourth-order valence-corrected chi connectivity index (χ4v) is 1.31. The van der Waals surface area contributed by atoms with Crippen LogP contribution >= 0.6 is 0 Å². The predicted octanol–water partition coefficient (Wildman–Crippen LogP) is 1.95. The fraction of sp³-hybridized carbons (Fsp3) is 0.462. The van der Waals surface area contributed by atoms with E-state index in [0.29, 0.717) is 5.56 Å². The number of carbonyl (C=O) groups excluding carboxylic acids is 1. The summed E-state index contributed by atoms with van der Waals surface area (Å²) in [6.45, 7) is 5.36. The Balaban J connectivity index is 2.44. The van der Waals surface area contributed by atoms with Gasteiger partial charge in [-0.3, -0.25) is 0 Å². The number of aromatic hydroxyl groups is 1. The molecule has 1 rings (SSSR count). The molecule has 0 aliphatic rings. The van der Waals surface area contributed by atoms with Gasteiger partial charge >= 0.3 is 6.09 Å². The average Bonchev–Trinajstić information content (AvgIpc) is 2.24. The molecule has 5 nitrogen and oxygen atoms in total. The zero-order valence-electron chi connectivity index (χ0n) is 10.8. The molecule has 18 heavy (non-hydrogen) atoms. The Morgan fingerprint density at radius 1 is 1.33 bits per heavy atom. The summed E-state index contributed by atoms with van der Waals surface area (Å²) in [7, 11) is 0. The first kappa shape index (κ1) is 14.3. The van der Waals surface area contributed by atoms with Crippen molar-refractivity contribution in [3.63, 3.8) is 0 Å². The van der Waals surface area contributed by atoms with Crippen LogP contribution in [0.1, 0.15) is 32.4 Å². The molecule has 1 amide bonds. The standard InChI is InChI=1S/C13H19NO4/c1-13(2,3)18-12(17)14-8-11(16)9-4-6-10(15)7-5-9/h4-7,11,15-16H,8H2,1-3H3,(H,14,17)/t11-/m0/s1. The number of aliphatic hydroxyl groups is 1. The minimum Gasteiger partial charge on any atom is -0.508 e. The molecular formula is C13H19NO4. The van der Waals surface area contributed by atoms with Gasteiger partial charge in [-0.05, 0) is 38.5 Å². The summed E-state index contributed by atoms with van der Waals surface area (Å²) in [6.07, 6.45) is -1.40. The lowest BCUT2D eigenvalue weighted by Crippen LogP contribution is -2.34. The highest BCUT2D eigenvalue weighted by molar-refractivity contribution is 5.67. The number of phenols is 1. The van der Waals surface area contributed by atoms with Gasteiger partial charge < -0.3 is 20.3 Å². The van der Waals surface area contributed by atoms with Crippen molar-refractivity contribution in [2.24, 2.45) is 0 Å². The summed E-state index contributed by atoms with van der Waals surface area (Å²) in [4.78, 5) is 11.4. The first-order valence-electron chi connectivity index (χ1n) is 5.72. The quantitative estimate of drug-likeness (QED) is 0.769. The summed E-state index contributed by atoms with van der Waals surface area (Å²) in [5, 5.41) is 21.4. The lowest BCUT2D eigenvalue weighted by Gasteiger charge is -2.20. The summed E-state index contributed by atoms with van der Waals surface area (Å²) >= 11 is 0. The summed E-state index contributed by atoms with van der Waals surface area (Å²) in [5.41, 5.74) is 0.0528. The first-order valence-corrected chi connectivity index (χ1v) is 5.72. The number of benzene rings is 1. The van der Waals surface area contributed by atoms with Crippen molar-refractivity contribution < 1.29 is 19.7 Å². The number of carbonyl (C=O) groups is 1. The molecule has 0 bridgehead atoms. The molecule has 0 aliphatic carbocycles. The second-order valence-electron chi connectivity index (χ2n) is 4.99. The lowest BCUT2D eigenvalue weighted by atomic mass is 10.1. The second kappa shape index (κ2) is 5.73. The van der Waals surface area contributed by atoms with Crippen LogP contribution in [0, 0.1) is 0 Å². The number of amides is 1. The molecule has 100 valence electrons. The highest BCUT2D eigenvalue weighted by Gasteiger charge is 2.17. The molecule has 5 heteroatoms. The van der Waals surface area contributed by atoms with Crippen LogP contribution in [0.3, 0.4) is 0 Å². The zero-order valence-corrected chi connectivity index (χ0v) is 10.8. The maximum absolute atomic E-state index is 11.4. The lowest BCUT2D eigenvalue weighted by molar-refractivity contribution is 0.0491. The molecule has 1 atom stereocenters. The van der Waals surface area contributed by atoms with E-state index in [1.165, 1.54) is 12.1 Å². The molecule has 0 aromatic heterocycles. The number of hydrogen-bond donors (Lipinski definition) is 3. The minimum atomic E-state index is -0.835. The molecule has 3 N–H and O–H groups in total. The predicted molar refractivity (Wildman–Crippen MR) is 67.3 cm³/mol. The molecule has 0 fully saturated rings. The van der Waals surface area contributed by atoms with Gasteiger partial charge in [-0.2, -0.15) is 0 Å². The summed E-state index contributed by atoms with van der Waals surface area (Å²) in [6, 6.07) is 6.14. The number of hydrogen-bond acceptors (Lipinski definition) is 4. The van der Waals surface area contributed by atoms with Gasteiger partial charge in [0.1, 0.15) is 11.4 Å². The van der Waals surface area contributed by atoms with Crippen LogP contribution in [0.5, 0.6) is 5.75 Å². The van der Waals surface area contributed by atoms with Crippen molar-refractivity contribution in [3.05, 3.63) is 29.8 Å². The van der Waals surface area contributed by atoms with E-state index in [-0.39, 0.29) is 12.3 Å². The van der Waals surface area contributed by atoms with E-state index in [9.17, 15) is 9.90 Å². The Bertz CT molecular complexity index is 394. The SMILES string of the molecule is CC(C)(C)OC(=O)NC[C@H](O)c1ccc(O)cc1.